The van der Waals surface area contributed by atoms with Crippen LogP contribution in [0, 0.1) is 12.3 Å². The van der Waals surface area contributed by atoms with Crippen LogP contribution in [0.15, 0.2) is 54.7 Å². The second kappa shape index (κ2) is 9.60. The number of rotatable bonds is 5. The summed E-state index contributed by atoms with van der Waals surface area (Å²) >= 11 is 12.0. The number of amidine groups is 1. The minimum absolute atomic E-state index is 0.210. The zero-order valence-electron chi connectivity index (χ0n) is 17.8. The lowest BCUT2D eigenvalue weighted by Gasteiger charge is -2.33. The Balaban J connectivity index is 1.54. The summed E-state index contributed by atoms with van der Waals surface area (Å²) in [7, 11) is 0. The Bertz CT molecular complexity index is 1220. The lowest BCUT2D eigenvalue weighted by molar-refractivity contribution is 0.102. The van der Waals surface area contributed by atoms with Gasteiger partial charge >= 0.3 is 0 Å². The Morgan fingerprint density at radius 2 is 1.64 bits per heavy atom. The van der Waals surface area contributed by atoms with Gasteiger partial charge in [0.2, 0.25) is 0 Å². The van der Waals surface area contributed by atoms with Crippen LogP contribution in [-0.4, -0.2) is 40.6 Å². The predicted molar refractivity (Wildman–Crippen MR) is 131 cm³/mol. The number of halogens is 2. The number of benzene rings is 2. The first-order valence-electron chi connectivity index (χ1n) is 10.3. The average Bonchev–Trinajstić information content (AvgIpc) is 2.75. The van der Waals surface area contributed by atoms with Crippen LogP contribution in [0.5, 0.6) is 0 Å². The number of hydrogen-bond acceptors (Lipinski definition) is 4. The van der Waals surface area contributed by atoms with Gasteiger partial charge in [0.25, 0.3) is 11.8 Å². The van der Waals surface area contributed by atoms with Crippen LogP contribution in [0.1, 0.15) is 38.3 Å². The maximum absolute atomic E-state index is 12.9. The number of anilines is 2. The lowest BCUT2D eigenvalue weighted by Crippen LogP contribution is -2.42. The molecule has 3 N–H and O–H groups in total. The van der Waals surface area contributed by atoms with Gasteiger partial charge in [0.05, 0.1) is 16.3 Å². The number of aryl methyl sites for hydroxylation is 1. The van der Waals surface area contributed by atoms with Crippen molar-refractivity contribution in [3.05, 3.63) is 87.0 Å². The van der Waals surface area contributed by atoms with Crippen molar-refractivity contribution in [3.63, 3.8) is 0 Å². The zero-order chi connectivity index (χ0) is 23.5. The third-order valence-electron chi connectivity index (χ3n) is 5.35. The number of nitrogens with zero attached hydrogens (tertiary/aromatic N) is 2. The normalized spacial score (nSPS) is 12.6. The second-order valence-corrected chi connectivity index (χ2v) is 8.55. The number of aromatic nitrogens is 1. The maximum atomic E-state index is 12.9. The first kappa shape index (κ1) is 22.8. The molecule has 1 saturated heterocycles. The van der Waals surface area contributed by atoms with E-state index in [0.717, 1.165) is 25.1 Å². The molecule has 9 heteroatoms. The van der Waals surface area contributed by atoms with Crippen molar-refractivity contribution in [2.75, 3.05) is 23.7 Å². The molecule has 7 nitrogen and oxygen atoms in total. The van der Waals surface area contributed by atoms with E-state index in [2.05, 4.69) is 15.6 Å². The summed E-state index contributed by atoms with van der Waals surface area (Å²) in [5, 5.41) is 14.6. The Hall–Kier alpha value is -3.42. The summed E-state index contributed by atoms with van der Waals surface area (Å²) in [4.78, 5) is 31.9. The highest BCUT2D eigenvalue weighted by Crippen LogP contribution is 2.27. The molecule has 0 atom stereocenters. The third kappa shape index (κ3) is 5.16. The molecule has 0 radical (unpaired) electrons. The van der Waals surface area contributed by atoms with Crippen molar-refractivity contribution in [2.45, 2.75) is 13.3 Å². The third-order valence-corrected chi connectivity index (χ3v) is 5.79. The zero-order valence-corrected chi connectivity index (χ0v) is 19.3. The fourth-order valence-corrected chi connectivity index (χ4v) is 3.79. The van der Waals surface area contributed by atoms with Gasteiger partial charge in [0.1, 0.15) is 11.7 Å². The first-order chi connectivity index (χ1) is 15.8. The molecular formula is C24H21Cl2N5O2. The van der Waals surface area contributed by atoms with Crippen LogP contribution in [-0.2, 0) is 0 Å². The van der Waals surface area contributed by atoms with Gasteiger partial charge in [-0.05, 0) is 55.3 Å². The highest BCUT2D eigenvalue weighted by Gasteiger charge is 2.20. The van der Waals surface area contributed by atoms with Crippen LogP contribution >= 0.6 is 23.2 Å². The van der Waals surface area contributed by atoms with E-state index in [-0.39, 0.29) is 11.5 Å². The average molecular weight is 482 g/mol. The molecule has 1 aliphatic rings. The van der Waals surface area contributed by atoms with Crippen LogP contribution in [0.3, 0.4) is 0 Å². The summed E-state index contributed by atoms with van der Waals surface area (Å²) in [6.45, 7) is 3.52. The summed E-state index contributed by atoms with van der Waals surface area (Å²) in [5.41, 5.74) is 2.37. The number of pyridine rings is 1. The Morgan fingerprint density at radius 1 is 0.939 bits per heavy atom. The summed E-state index contributed by atoms with van der Waals surface area (Å²) < 4.78 is 0. The molecule has 0 bridgehead atoms. The van der Waals surface area contributed by atoms with Crippen LogP contribution in [0.25, 0.3) is 0 Å². The molecule has 2 aromatic carbocycles. The molecule has 0 aliphatic carbocycles. The molecule has 3 aromatic rings. The van der Waals surface area contributed by atoms with Gasteiger partial charge in [0, 0.05) is 35.4 Å². The Labute approximate surface area is 201 Å². The van der Waals surface area contributed by atoms with Gasteiger partial charge in [-0.15, -0.1) is 0 Å². The molecule has 2 amide bonds. The molecule has 4 rings (SSSR count). The molecule has 33 heavy (non-hydrogen) atoms. The van der Waals surface area contributed by atoms with E-state index in [0.29, 0.717) is 38.5 Å². The van der Waals surface area contributed by atoms with Crippen molar-refractivity contribution in [1.29, 1.82) is 5.41 Å². The Kier molecular flexibility index (Phi) is 6.62. The number of carbonyl (C=O) groups is 2. The molecule has 1 aliphatic heterocycles. The molecule has 1 aromatic heterocycles. The number of likely N-dealkylation sites (tertiary alicyclic amines) is 1. The van der Waals surface area contributed by atoms with Gasteiger partial charge in [-0.25, -0.2) is 4.98 Å². The van der Waals surface area contributed by atoms with E-state index in [9.17, 15) is 9.59 Å². The van der Waals surface area contributed by atoms with Gasteiger partial charge in [-0.3, -0.25) is 15.0 Å². The monoisotopic (exact) mass is 481 g/mol. The highest BCUT2D eigenvalue weighted by atomic mass is 35.5. The molecular weight excluding hydrogens is 461 g/mol. The van der Waals surface area contributed by atoms with Crippen LogP contribution in [0.2, 0.25) is 10.0 Å². The lowest BCUT2D eigenvalue weighted by atomic mass is 10.1. The van der Waals surface area contributed by atoms with Crippen LogP contribution in [0.4, 0.5) is 11.5 Å². The molecule has 1 fully saturated rings. The molecule has 0 saturated carbocycles. The standard InChI is InChI=1S/C24H21Cl2N5O2/c1-14-11-18(26)12-19(24(33)29-20-8-7-17(25)13-28-20)21(14)30-23(32)16-5-3-15(4-6-16)22(27)31-9-2-10-31/h3-8,11-13,27H,2,9-10H2,1H3,(H,30,32)(H,28,29,33). The molecule has 0 spiro atoms. The minimum atomic E-state index is -0.468. The summed E-state index contributed by atoms with van der Waals surface area (Å²) in [6, 6.07) is 13.2. The Morgan fingerprint density at radius 3 is 2.24 bits per heavy atom. The second-order valence-electron chi connectivity index (χ2n) is 7.68. The van der Waals surface area contributed by atoms with Crippen LogP contribution < -0.4 is 10.6 Å². The number of carbonyl (C=O) groups excluding carboxylic acids is 2. The van der Waals surface area contributed by atoms with E-state index >= 15 is 0 Å². The van der Waals surface area contributed by atoms with E-state index in [4.69, 9.17) is 28.6 Å². The largest absolute Gasteiger partial charge is 0.356 e. The van der Waals surface area contributed by atoms with E-state index < -0.39 is 5.91 Å². The fraction of sp³-hybridized carbons (Fsp3) is 0.167. The number of nitrogens with one attached hydrogen (secondary N) is 3. The van der Waals surface area contributed by atoms with E-state index in [1.165, 1.54) is 12.3 Å². The maximum Gasteiger partial charge on any atom is 0.258 e. The number of amides is 2. The smallest absolute Gasteiger partial charge is 0.258 e. The molecule has 168 valence electrons. The number of hydrogen-bond donors (Lipinski definition) is 3. The first-order valence-corrected chi connectivity index (χ1v) is 11.1. The van der Waals surface area contributed by atoms with Gasteiger partial charge in [-0.2, -0.15) is 0 Å². The SMILES string of the molecule is Cc1cc(Cl)cc(C(=O)Nc2ccc(Cl)cn2)c1NC(=O)c1ccc(C(=N)N2CCC2)cc1. The molecule has 0 unspecified atom stereocenters. The van der Waals surface area contributed by atoms with Crippen molar-refractivity contribution in [1.82, 2.24) is 9.88 Å². The van der Waals surface area contributed by atoms with Gasteiger partial charge < -0.3 is 15.5 Å². The fourth-order valence-electron chi connectivity index (χ4n) is 3.41. The van der Waals surface area contributed by atoms with E-state index in [1.807, 2.05) is 4.90 Å². The molecule has 2 heterocycles. The topological polar surface area (TPSA) is 98.2 Å². The van der Waals surface area contributed by atoms with Crippen molar-refractivity contribution >= 4 is 52.4 Å². The van der Waals surface area contributed by atoms with Crippen molar-refractivity contribution < 1.29 is 9.59 Å². The predicted octanol–water partition coefficient (Wildman–Crippen LogP) is 5.23. The van der Waals surface area contributed by atoms with E-state index in [1.54, 1.807) is 49.4 Å². The summed E-state index contributed by atoms with van der Waals surface area (Å²) in [6.07, 6.45) is 2.52. The quantitative estimate of drug-likeness (QED) is 0.343. The van der Waals surface area contributed by atoms with Crippen molar-refractivity contribution in [3.8, 4) is 0 Å². The van der Waals surface area contributed by atoms with Crippen molar-refractivity contribution in [2.24, 2.45) is 0 Å². The highest BCUT2D eigenvalue weighted by molar-refractivity contribution is 6.31. The van der Waals surface area contributed by atoms with Gasteiger partial charge in [0.15, 0.2) is 0 Å². The summed E-state index contributed by atoms with van der Waals surface area (Å²) in [5.74, 6) is -0.0683. The minimum Gasteiger partial charge on any atom is -0.356 e. The van der Waals surface area contributed by atoms with Gasteiger partial charge in [-0.1, -0.05) is 35.3 Å².